The summed E-state index contributed by atoms with van der Waals surface area (Å²) in [7, 11) is -2.34. The molecule has 0 bridgehead atoms. The van der Waals surface area contributed by atoms with E-state index in [1.165, 1.54) is 20.2 Å². The van der Waals surface area contributed by atoms with Gasteiger partial charge in [0.15, 0.2) is 9.34 Å². The molecule has 0 saturated heterocycles. The number of hydrogen-bond donors (Lipinski definition) is 1. The van der Waals surface area contributed by atoms with Gasteiger partial charge in [0.25, 0.3) is 10.0 Å². The number of aromatic nitrogens is 2. The first-order chi connectivity index (χ1) is 9.82. The van der Waals surface area contributed by atoms with Gasteiger partial charge in [-0.3, -0.25) is 9.10 Å². The largest absolute Gasteiger partial charge is 0.302 e. The van der Waals surface area contributed by atoms with Crippen molar-refractivity contribution in [2.75, 3.05) is 16.7 Å². The fourth-order valence-electron chi connectivity index (χ4n) is 1.61. The van der Waals surface area contributed by atoms with Crippen molar-refractivity contribution < 1.29 is 13.2 Å². The second-order valence-electron chi connectivity index (χ2n) is 4.23. The van der Waals surface area contributed by atoms with Crippen LogP contribution in [0.5, 0.6) is 0 Å². The summed E-state index contributed by atoms with van der Waals surface area (Å²) in [5.74, 6) is 0.0113. The Kier molecular flexibility index (Phi) is 4.24. The molecule has 9 heteroatoms. The quantitative estimate of drug-likeness (QED) is 0.922. The fraction of sp³-hybridized carbons (Fsp3) is 0.250. The minimum atomic E-state index is -3.76. The van der Waals surface area contributed by atoms with Crippen LogP contribution in [0, 0.1) is 6.92 Å². The number of hydrogen-bond acceptors (Lipinski definition) is 6. The normalized spacial score (nSPS) is 11.2. The van der Waals surface area contributed by atoms with Gasteiger partial charge in [-0.2, -0.15) is 0 Å². The maximum absolute atomic E-state index is 12.6. The molecule has 2 aromatic rings. The smallest absolute Gasteiger partial charge is 0.276 e. The topological polar surface area (TPSA) is 92.3 Å². The molecule has 0 unspecified atom stereocenters. The van der Waals surface area contributed by atoms with E-state index in [2.05, 4.69) is 15.3 Å². The van der Waals surface area contributed by atoms with E-state index in [1.54, 1.807) is 25.1 Å². The zero-order valence-electron chi connectivity index (χ0n) is 11.7. The monoisotopic (exact) mass is 326 g/mol. The number of aryl methyl sites for hydroxylation is 1. The van der Waals surface area contributed by atoms with Gasteiger partial charge in [0, 0.05) is 20.2 Å². The molecule has 1 amide bonds. The minimum Gasteiger partial charge on any atom is -0.302 e. The van der Waals surface area contributed by atoms with Gasteiger partial charge in [0.05, 0.1) is 5.69 Å². The second kappa shape index (κ2) is 5.78. The van der Waals surface area contributed by atoms with Gasteiger partial charge < -0.3 is 5.32 Å². The van der Waals surface area contributed by atoms with E-state index in [4.69, 9.17) is 0 Å². The van der Waals surface area contributed by atoms with Crippen LogP contribution in [0.15, 0.2) is 28.6 Å². The Morgan fingerprint density at radius 2 is 2.10 bits per heavy atom. The summed E-state index contributed by atoms with van der Waals surface area (Å²) in [6, 6.07) is 5.01. The Labute approximate surface area is 126 Å². The number of pyridine rings is 1. The number of nitrogens with one attached hydrogen (secondary N) is 1. The Morgan fingerprint density at radius 1 is 1.38 bits per heavy atom. The van der Waals surface area contributed by atoms with Crippen molar-refractivity contribution in [3.8, 4) is 0 Å². The number of carbonyl (C=O) groups is 1. The lowest BCUT2D eigenvalue weighted by Gasteiger charge is -2.17. The molecule has 112 valence electrons. The molecule has 2 heterocycles. The van der Waals surface area contributed by atoms with Crippen LogP contribution in [-0.4, -0.2) is 31.3 Å². The molecule has 2 aromatic heterocycles. The van der Waals surface area contributed by atoms with Crippen molar-refractivity contribution in [2.24, 2.45) is 0 Å². The highest BCUT2D eigenvalue weighted by atomic mass is 32.2. The van der Waals surface area contributed by atoms with Crippen LogP contribution >= 0.6 is 11.3 Å². The summed E-state index contributed by atoms with van der Waals surface area (Å²) in [6.07, 6.45) is 1.52. The van der Waals surface area contributed by atoms with Crippen LogP contribution < -0.4 is 9.62 Å². The van der Waals surface area contributed by atoms with E-state index in [1.807, 2.05) is 0 Å². The van der Waals surface area contributed by atoms with Crippen LogP contribution in [0.2, 0.25) is 0 Å². The number of sulfonamides is 1. The highest BCUT2D eigenvalue weighted by Gasteiger charge is 2.27. The fourth-order valence-corrected chi connectivity index (χ4v) is 4.38. The first kappa shape index (κ1) is 15.4. The molecule has 7 nitrogen and oxygen atoms in total. The predicted octanol–water partition coefficient (Wildman–Crippen LogP) is 1.63. The van der Waals surface area contributed by atoms with E-state index < -0.39 is 10.0 Å². The van der Waals surface area contributed by atoms with Gasteiger partial charge in [-0.05, 0) is 19.1 Å². The molecule has 2 rings (SSSR count). The Hall–Kier alpha value is -2.00. The highest BCUT2D eigenvalue weighted by molar-refractivity contribution is 7.94. The molecule has 0 aliphatic rings. The van der Waals surface area contributed by atoms with Crippen LogP contribution in [0.4, 0.5) is 10.9 Å². The standard InChI is InChI=1S/C12H14N4O3S2/c1-8-11(20-12(14-8)15-9(2)17)21(18,19)16(3)10-6-4-5-7-13-10/h4-7H,1-3H3,(H,14,15,17). The third-order valence-electron chi connectivity index (χ3n) is 2.60. The van der Waals surface area contributed by atoms with Crippen LogP contribution in [0.3, 0.4) is 0 Å². The summed E-state index contributed by atoms with van der Waals surface area (Å²) in [4.78, 5) is 19.1. The maximum Gasteiger partial charge on any atom is 0.276 e. The molecular formula is C12H14N4O3S2. The van der Waals surface area contributed by atoms with Gasteiger partial charge in [-0.15, -0.1) is 0 Å². The average molecular weight is 326 g/mol. The van der Waals surface area contributed by atoms with Gasteiger partial charge in [0.2, 0.25) is 5.91 Å². The molecule has 0 fully saturated rings. The van der Waals surface area contributed by atoms with Crippen molar-refractivity contribution in [3.63, 3.8) is 0 Å². The van der Waals surface area contributed by atoms with Crippen molar-refractivity contribution in [1.29, 1.82) is 0 Å². The van der Waals surface area contributed by atoms with E-state index in [0.717, 1.165) is 15.6 Å². The summed E-state index contributed by atoms with van der Waals surface area (Å²) < 4.78 is 26.4. The lowest BCUT2D eigenvalue weighted by Crippen LogP contribution is -2.27. The summed E-state index contributed by atoms with van der Waals surface area (Å²) in [5, 5.41) is 2.74. The first-order valence-corrected chi connectivity index (χ1v) is 8.23. The molecule has 0 aliphatic carbocycles. The third-order valence-corrected chi connectivity index (χ3v) is 6.03. The summed E-state index contributed by atoms with van der Waals surface area (Å²) in [5.41, 5.74) is 0.339. The Balaban J connectivity index is 2.40. The molecule has 21 heavy (non-hydrogen) atoms. The van der Waals surface area contributed by atoms with Gasteiger partial charge in [-0.1, -0.05) is 17.4 Å². The highest BCUT2D eigenvalue weighted by Crippen LogP contribution is 2.30. The van der Waals surface area contributed by atoms with E-state index in [0.29, 0.717) is 11.5 Å². The molecule has 0 atom stereocenters. The third kappa shape index (κ3) is 3.19. The Bertz CT molecular complexity index is 756. The van der Waals surface area contributed by atoms with Crippen LogP contribution in [0.25, 0.3) is 0 Å². The first-order valence-electron chi connectivity index (χ1n) is 5.97. The maximum atomic E-state index is 12.6. The molecule has 0 radical (unpaired) electrons. The molecule has 1 N–H and O–H groups in total. The van der Waals surface area contributed by atoms with Gasteiger partial charge >= 0.3 is 0 Å². The van der Waals surface area contributed by atoms with Gasteiger partial charge in [0.1, 0.15) is 5.82 Å². The number of rotatable bonds is 4. The van der Waals surface area contributed by atoms with Crippen molar-refractivity contribution in [1.82, 2.24) is 9.97 Å². The number of nitrogens with zero attached hydrogens (tertiary/aromatic N) is 3. The average Bonchev–Trinajstić information content (AvgIpc) is 2.79. The zero-order chi connectivity index (χ0) is 15.6. The zero-order valence-corrected chi connectivity index (χ0v) is 13.3. The van der Waals surface area contributed by atoms with Crippen LogP contribution in [0.1, 0.15) is 12.6 Å². The molecule has 0 aromatic carbocycles. The second-order valence-corrected chi connectivity index (χ2v) is 7.40. The Morgan fingerprint density at radius 3 is 2.67 bits per heavy atom. The van der Waals surface area contributed by atoms with E-state index >= 15 is 0 Å². The van der Waals surface area contributed by atoms with E-state index in [-0.39, 0.29) is 15.2 Å². The van der Waals surface area contributed by atoms with Gasteiger partial charge in [-0.25, -0.2) is 18.4 Å². The molecule has 0 saturated carbocycles. The van der Waals surface area contributed by atoms with Crippen molar-refractivity contribution in [3.05, 3.63) is 30.1 Å². The number of amides is 1. The molecular weight excluding hydrogens is 312 g/mol. The van der Waals surface area contributed by atoms with Crippen molar-refractivity contribution >= 4 is 38.2 Å². The number of anilines is 2. The lowest BCUT2D eigenvalue weighted by molar-refractivity contribution is -0.114. The van der Waals surface area contributed by atoms with Crippen LogP contribution in [-0.2, 0) is 14.8 Å². The summed E-state index contributed by atoms with van der Waals surface area (Å²) in [6.45, 7) is 2.92. The molecule has 0 aliphatic heterocycles. The lowest BCUT2D eigenvalue weighted by atomic mass is 10.5. The predicted molar refractivity (Wildman–Crippen MR) is 81.0 cm³/mol. The minimum absolute atomic E-state index is 0.0828. The molecule has 0 spiro atoms. The van der Waals surface area contributed by atoms with Crippen molar-refractivity contribution in [2.45, 2.75) is 18.1 Å². The summed E-state index contributed by atoms with van der Waals surface area (Å²) >= 11 is 0.917. The number of carbonyl (C=O) groups excluding carboxylic acids is 1. The number of thiazole rings is 1. The van der Waals surface area contributed by atoms with E-state index in [9.17, 15) is 13.2 Å². The SMILES string of the molecule is CC(=O)Nc1nc(C)c(S(=O)(=O)N(C)c2ccccn2)s1.